The summed E-state index contributed by atoms with van der Waals surface area (Å²) in [7, 11) is 0. The number of hydrogen-bond donors (Lipinski definition) is 1. The molecular formula is C39H32O8. The standard InChI is InChI=1S/C39H32O8/c40-37-36-34(45-23-28-14-8-3-9-15-28)19-30(43-21-26-10-4-1-5-11-26)20-35(36)47-39(38(37)41)29-16-17-32(46-31-24-42-25-31)33(18-29)44-22-27-12-6-2-7-13-27/h1-20,31,41H,21-25H2. The largest absolute Gasteiger partial charge is 0.502 e. The van der Waals surface area contributed by atoms with Gasteiger partial charge in [0, 0.05) is 17.7 Å². The zero-order valence-corrected chi connectivity index (χ0v) is 25.5. The van der Waals surface area contributed by atoms with E-state index < -0.39 is 11.2 Å². The highest BCUT2D eigenvalue weighted by molar-refractivity contribution is 5.88. The molecule has 0 radical (unpaired) electrons. The molecule has 1 N–H and O–H groups in total. The van der Waals surface area contributed by atoms with Crippen LogP contribution in [0.2, 0.25) is 0 Å². The SMILES string of the molecule is O=c1c(O)c(-c2ccc(OC3COC3)c(OCc3ccccc3)c2)oc2cc(OCc3ccccc3)cc(OCc3ccccc3)c12. The first-order valence-electron chi connectivity index (χ1n) is 15.3. The van der Waals surface area contributed by atoms with Gasteiger partial charge in [-0.3, -0.25) is 4.79 Å². The Kier molecular flexibility index (Phi) is 8.75. The quantitative estimate of drug-likeness (QED) is 0.147. The summed E-state index contributed by atoms with van der Waals surface area (Å²) in [6.07, 6.45) is -0.0875. The zero-order valence-electron chi connectivity index (χ0n) is 25.5. The fourth-order valence-electron chi connectivity index (χ4n) is 5.18. The molecule has 6 aromatic rings. The van der Waals surface area contributed by atoms with Crippen LogP contribution < -0.4 is 24.4 Å². The molecule has 7 rings (SSSR count). The summed E-state index contributed by atoms with van der Waals surface area (Å²) in [5, 5.41) is 11.4. The van der Waals surface area contributed by atoms with Gasteiger partial charge >= 0.3 is 0 Å². The maximum atomic E-state index is 13.8. The lowest BCUT2D eigenvalue weighted by atomic mass is 10.1. The van der Waals surface area contributed by atoms with Crippen LogP contribution >= 0.6 is 0 Å². The number of fused-ring (bicyclic) bond motifs is 1. The molecule has 1 aliphatic heterocycles. The van der Waals surface area contributed by atoms with Crippen LogP contribution in [-0.4, -0.2) is 24.4 Å². The first-order chi connectivity index (χ1) is 23.1. The third kappa shape index (κ3) is 6.93. The van der Waals surface area contributed by atoms with E-state index in [9.17, 15) is 9.90 Å². The second kappa shape index (κ2) is 13.7. The molecule has 236 valence electrons. The van der Waals surface area contributed by atoms with E-state index in [4.69, 9.17) is 28.1 Å². The van der Waals surface area contributed by atoms with Crippen molar-refractivity contribution in [3.8, 4) is 40.1 Å². The molecule has 0 spiro atoms. The highest BCUT2D eigenvalue weighted by Crippen LogP contribution is 2.40. The van der Waals surface area contributed by atoms with Crippen LogP contribution in [0.1, 0.15) is 16.7 Å². The fourth-order valence-corrected chi connectivity index (χ4v) is 5.18. The van der Waals surface area contributed by atoms with Gasteiger partial charge in [0.1, 0.15) is 48.4 Å². The summed E-state index contributed by atoms with van der Waals surface area (Å²) >= 11 is 0. The van der Waals surface area contributed by atoms with Gasteiger partial charge in [-0.25, -0.2) is 0 Å². The molecule has 1 aromatic heterocycles. The molecule has 0 atom stereocenters. The van der Waals surface area contributed by atoms with E-state index in [-0.39, 0.29) is 35.2 Å². The van der Waals surface area contributed by atoms with Crippen LogP contribution in [-0.2, 0) is 24.6 Å². The molecule has 1 aliphatic rings. The molecule has 0 aliphatic carbocycles. The van der Waals surface area contributed by atoms with Crippen molar-refractivity contribution in [2.24, 2.45) is 0 Å². The van der Waals surface area contributed by atoms with Crippen LogP contribution in [0, 0.1) is 0 Å². The van der Waals surface area contributed by atoms with E-state index in [1.54, 1.807) is 30.3 Å². The van der Waals surface area contributed by atoms with Crippen molar-refractivity contribution in [2.45, 2.75) is 25.9 Å². The van der Waals surface area contributed by atoms with E-state index in [1.165, 1.54) is 0 Å². The molecule has 0 bridgehead atoms. The predicted molar refractivity (Wildman–Crippen MR) is 177 cm³/mol. The number of rotatable bonds is 12. The average Bonchev–Trinajstić information content (AvgIpc) is 3.10. The van der Waals surface area contributed by atoms with E-state index in [0.29, 0.717) is 49.2 Å². The van der Waals surface area contributed by atoms with E-state index >= 15 is 0 Å². The molecule has 0 amide bonds. The summed E-state index contributed by atoms with van der Waals surface area (Å²) in [6, 6.07) is 37.6. The normalized spacial score (nSPS) is 12.8. The van der Waals surface area contributed by atoms with E-state index in [1.807, 2.05) is 91.0 Å². The van der Waals surface area contributed by atoms with Crippen molar-refractivity contribution in [1.29, 1.82) is 0 Å². The Labute approximate surface area is 271 Å². The third-order valence-electron chi connectivity index (χ3n) is 7.74. The van der Waals surface area contributed by atoms with E-state index in [0.717, 1.165) is 16.7 Å². The van der Waals surface area contributed by atoms with Gasteiger partial charge in [0.2, 0.25) is 11.2 Å². The van der Waals surface area contributed by atoms with Gasteiger partial charge in [-0.15, -0.1) is 0 Å². The van der Waals surface area contributed by atoms with Crippen molar-refractivity contribution in [1.82, 2.24) is 0 Å². The highest BCUT2D eigenvalue weighted by Gasteiger charge is 2.24. The fraction of sp³-hybridized carbons (Fsp3) is 0.154. The minimum absolute atomic E-state index is 0.0141. The van der Waals surface area contributed by atoms with Crippen molar-refractivity contribution in [3.05, 3.63) is 148 Å². The topological polar surface area (TPSA) is 96.6 Å². The minimum Gasteiger partial charge on any atom is -0.502 e. The highest BCUT2D eigenvalue weighted by atomic mass is 16.6. The first kappa shape index (κ1) is 30.0. The summed E-state index contributed by atoms with van der Waals surface area (Å²) in [5.74, 6) is 1.09. The predicted octanol–water partition coefficient (Wildman–Crippen LogP) is 7.68. The van der Waals surface area contributed by atoms with Gasteiger partial charge in [0.15, 0.2) is 17.3 Å². The van der Waals surface area contributed by atoms with Gasteiger partial charge in [-0.2, -0.15) is 0 Å². The number of ether oxygens (including phenoxy) is 5. The molecule has 1 saturated heterocycles. The molecule has 2 heterocycles. The minimum atomic E-state index is -0.627. The van der Waals surface area contributed by atoms with Gasteiger partial charge in [-0.05, 0) is 34.9 Å². The first-order valence-corrected chi connectivity index (χ1v) is 15.3. The lowest BCUT2D eigenvalue weighted by Gasteiger charge is -2.27. The lowest BCUT2D eigenvalue weighted by Crippen LogP contribution is -2.38. The third-order valence-corrected chi connectivity index (χ3v) is 7.74. The van der Waals surface area contributed by atoms with Crippen LogP contribution in [0.25, 0.3) is 22.3 Å². The Morgan fingerprint density at radius 3 is 1.79 bits per heavy atom. The van der Waals surface area contributed by atoms with Crippen LogP contribution in [0.5, 0.6) is 28.7 Å². The van der Waals surface area contributed by atoms with Crippen LogP contribution in [0.3, 0.4) is 0 Å². The van der Waals surface area contributed by atoms with Gasteiger partial charge in [0.05, 0.1) is 13.2 Å². The van der Waals surface area contributed by atoms with Crippen molar-refractivity contribution in [2.75, 3.05) is 13.2 Å². The van der Waals surface area contributed by atoms with Crippen LogP contribution in [0.4, 0.5) is 0 Å². The Hall–Kier alpha value is -5.73. The summed E-state index contributed by atoms with van der Waals surface area (Å²) < 4.78 is 36.1. The molecular weight excluding hydrogens is 596 g/mol. The average molecular weight is 629 g/mol. The van der Waals surface area contributed by atoms with Crippen molar-refractivity contribution < 1.29 is 33.2 Å². The lowest BCUT2D eigenvalue weighted by molar-refractivity contribution is -0.0805. The number of hydrogen-bond acceptors (Lipinski definition) is 8. The summed E-state index contributed by atoms with van der Waals surface area (Å²) in [5.41, 5.74) is 2.88. The Balaban J connectivity index is 1.27. The molecule has 5 aromatic carbocycles. The van der Waals surface area contributed by atoms with Crippen molar-refractivity contribution >= 4 is 11.0 Å². The Bertz CT molecular complexity index is 2020. The van der Waals surface area contributed by atoms with Gasteiger partial charge in [-0.1, -0.05) is 91.0 Å². The summed E-state index contributed by atoms with van der Waals surface area (Å²) in [6.45, 7) is 1.78. The Morgan fingerprint density at radius 2 is 1.21 bits per heavy atom. The monoisotopic (exact) mass is 628 g/mol. The molecule has 8 nitrogen and oxygen atoms in total. The molecule has 47 heavy (non-hydrogen) atoms. The second-order valence-electron chi connectivity index (χ2n) is 11.2. The maximum absolute atomic E-state index is 13.8. The molecule has 0 saturated carbocycles. The van der Waals surface area contributed by atoms with Crippen molar-refractivity contribution in [3.63, 3.8) is 0 Å². The Morgan fingerprint density at radius 1 is 0.638 bits per heavy atom. The number of benzene rings is 5. The maximum Gasteiger partial charge on any atom is 0.238 e. The molecule has 8 heteroatoms. The molecule has 0 unspecified atom stereocenters. The second-order valence-corrected chi connectivity index (χ2v) is 11.2. The van der Waals surface area contributed by atoms with Gasteiger partial charge in [0.25, 0.3) is 0 Å². The smallest absolute Gasteiger partial charge is 0.238 e. The molecule has 1 fully saturated rings. The van der Waals surface area contributed by atoms with E-state index in [2.05, 4.69) is 0 Å². The number of aromatic hydroxyl groups is 1. The zero-order chi connectivity index (χ0) is 32.0. The van der Waals surface area contributed by atoms with Crippen LogP contribution in [0.15, 0.2) is 131 Å². The van der Waals surface area contributed by atoms with Gasteiger partial charge < -0.3 is 33.2 Å². The summed E-state index contributed by atoms with van der Waals surface area (Å²) in [4.78, 5) is 13.8.